The third-order valence-electron chi connectivity index (χ3n) is 11.2. The summed E-state index contributed by atoms with van der Waals surface area (Å²) < 4.78 is 31.4. The average Bonchev–Trinajstić information content (AvgIpc) is 3.06. The highest BCUT2D eigenvalue weighted by molar-refractivity contribution is 7.85. The van der Waals surface area contributed by atoms with Crippen molar-refractivity contribution in [3.63, 3.8) is 0 Å². The Morgan fingerprint density at radius 3 is 2.28 bits per heavy atom. The van der Waals surface area contributed by atoms with Crippen molar-refractivity contribution in [2.45, 2.75) is 104 Å². The second-order valence-corrected chi connectivity index (χ2v) is 14.1. The largest absolute Gasteiger partial charge is 0.393 e. The fraction of sp³-hybridized carbons (Fsp3) is 1.00. The first-order valence-corrected chi connectivity index (χ1v) is 14.8. The molecular weight excluding hydrogens is 424 g/mol. The summed E-state index contributed by atoms with van der Waals surface area (Å²) in [6.07, 6.45) is 9.39. The molecule has 4 rings (SSSR count). The van der Waals surface area contributed by atoms with E-state index in [0.717, 1.165) is 32.1 Å². The first-order valence-electron chi connectivity index (χ1n) is 13.2. The minimum Gasteiger partial charge on any atom is -0.393 e. The van der Waals surface area contributed by atoms with Crippen molar-refractivity contribution in [1.82, 2.24) is 0 Å². The molecule has 0 saturated heterocycles. The van der Waals surface area contributed by atoms with Crippen LogP contribution in [0, 0.1) is 52.3 Å². The Balaban J connectivity index is 1.56. The van der Waals surface area contributed by atoms with Crippen molar-refractivity contribution < 1.29 is 23.2 Å². The smallest absolute Gasteiger partial charge is 0.264 e. The van der Waals surface area contributed by atoms with Gasteiger partial charge in [0.25, 0.3) is 10.1 Å². The van der Waals surface area contributed by atoms with Gasteiger partial charge >= 0.3 is 0 Å². The van der Waals surface area contributed by atoms with Gasteiger partial charge in [-0.05, 0) is 110 Å². The Bertz CT molecular complexity index is 783. The number of rotatable bonds is 6. The number of hydrogen-bond acceptors (Lipinski definition) is 4. The number of hydrogen-bond donors (Lipinski definition) is 3. The van der Waals surface area contributed by atoms with Gasteiger partial charge in [-0.1, -0.05) is 34.1 Å². The molecule has 0 spiro atoms. The highest BCUT2D eigenvalue weighted by Crippen LogP contribution is 2.69. The van der Waals surface area contributed by atoms with Gasteiger partial charge in [0.15, 0.2) is 0 Å². The van der Waals surface area contributed by atoms with Crippen molar-refractivity contribution in [1.29, 1.82) is 0 Å². The molecule has 4 aliphatic carbocycles. The van der Waals surface area contributed by atoms with Crippen LogP contribution in [0.5, 0.6) is 0 Å². The molecule has 11 atom stereocenters. The molecule has 0 aromatic rings. The number of aliphatic hydroxyl groups excluding tert-OH is 2. The molecule has 5 nitrogen and oxygen atoms in total. The van der Waals surface area contributed by atoms with E-state index in [1.807, 2.05) is 0 Å². The monoisotopic (exact) mass is 470 g/mol. The van der Waals surface area contributed by atoms with E-state index in [1.54, 1.807) is 0 Å². The summed E-state index contributed by atoms with van der Waals surface area (Å²) in [6.45, 7) is 9.41. The van der Waals surface area contributed by atoms with E-state index in [2.05, 4.69) is 27.7 Å². The maximum Gasteiger partial charge on any atom is 0.264 e. The van der Waals surface area contributed by atoms with Gasteiger partial charge in [-0.25, -0.2) is 0 Å². The SMILES string of the molecule is CCC1C(O)C2C3CCC(C(C)CCCS(=O)(=O)O)C3(C)CCC2C2(C)CCC(O)CC12. The van der Waals surface area contributed by atoms with Crippen LogP contribution in [0.4, 0.5) is 0 Å². The molecule has 0 aromatic heterocycles. The fourth-order valence-electron chi connectivity index (χ4n) is 9.72. The molecule has 4 fully saturated rings. The molecule has 0 aromatic carbocycles. The van der Waals surface area contributed by atoms with E-state index in [1.165, 1.54) is 25.7 Å². The first kappa shape index (κ1) is 24.9. The van der Waals surface area contributed by atoms with Crippen molar-refractivity contribution in [2.75, 3.05) is 5.75 Å². The third kappa shape index (κ3) is 4.09. The van der Waals surface area contributed by atoms with Crippen LogP contribution in [-0.2, 0) is 10.1 Å². The lowest BCUT2D eigenvalue weighted by Crippen LogP contribution is -2.62. The molecule has 3 N–H and O–H groups in total. The van der Waals surface area contributed by atoms with Crippen LogP contribution in [0.2, 0.25) is 0 Å². The molecule has 0 heterocycles. The third-order valence-corrected chi connectivity index (χ3v) is 12.0. The zero-order valence-corrected chi connectivity index (χ0v) is 21.4. The van der Waals surface area contributed by atoms with Crippen molar-refractivity contribution >= 4 is 10.1 Å². The van der Waals surface area contributed by atoms with Crippen LogP contribution >= 0.6 is 0 Å². The second-order valence-electron chi connectivity index (χ2n) is 12.5. The van der Waals surface area contributed by atoms with Crippen LogP contribution in [0.15, 0.2) is 0 Å². The van der Waals surface area contributed by atoms with E-state index in [0.29, 0.717) is 41.9 Å². The van der Waals surface area contributed by atoms with Crippen LogP contribution in [0.25, 0.3) is 0 Å². The van der Waals surface area contributed by atoms with E-state index < -0.39 is 10.1 Å². The van der Waals surface area contributed by atoms with Gasteiger partial charge in [0, 0.05) is 0 Å². The van der Waals surface area contributed by atoms with E-state index in [9.17, 15) is 18.6 Å². The zero-order valence-electron chi connectivity index (χ0n) is 20.5. The van der Waals surface area contributed by atoms with Crippen molar-refractivity contribution in [3.8, 4) is 0 Å². The second kappa shape index (κ2) is 8.80. The van der Waals surface area contributed by atoms with Crippen molar-refractivity contribution in [2.24, 2.45) is 52.3 Å². The normalized spacial score (nSPS) is 49.7. The van der Waals surface area contributed by atoms with Gasteiger partial charge in [-0.3, -0.25) is 4.55 Å². The lowest BCUT2D eigenvalue weighted by Gasteiger charge is -2.64. The van der Waals surface area contributed by atoms with E-state index in [-0.39, 0.29) is 34.7 Å². The van der Waals surface area contributed by atoms with Gasteiger partial charge in [0.1, 0.15) is 0 Å². The minimum atomic E-state index is -3.89. The topological polar surface area (TPSA) is 94.8 Å². The van der Waals surface area contributed by atoms with E-state index >= 15 is 0 Å². The predicted octanol–water partition coefficient (Wildman–Crippen LogP) is 4.92. The molecule has 0 aliphatic heterocycles. The van der Waals surface area contributed by atoms with Gasteiger partial charge < -0.3 is 10.2 Å². The Kier molecular flexibility index (Phi) is 6.86. The summed E-state index contributed by atoms with van der Waals surface area (Å²) in [5, 5.41) is 22.2. The van der Waals surface area contributed by atoms with Crippen LogP contribution in [-0.4, -0.2) is 41.1 Å². The van der Waals surface area contributed by atoms with Gasteiger partial charge in [0.2, 0.25) is 0 Å². The van der Waals surface area contributed by atoms with Crippen LogP contribution in [0.3, 0.4) is 0 Å². The minimum absolute atomic E-state index is 0.141. The molecule has 6 heteroatoms. The summed E-state index contributed by atoms with van der Waals surface area (Å²) in [6, 6.07) is 0. The molecule has 4 saturated carbocycles. The van der Waals surface area contributed by atoms with Crippen LogP contribution < -0.4 is 0 Å². The highest BCUT2D eigenvalue weighted by atomic mass is 32.2. The number of fused-ring (bicyclic) bond motifs is 5. The zero-order chi connectivity index (χ0) is 23.5. The maximum atomic E-state index is 11.7. The summed E-state index contributed by atoms with van der Waals surface area (Å²) in [4.78, 5) is 0. The lowest BCUT2D eigenvalue weighted by atomic mass is 9.41. The Hall–Kier alpha value is -0.170. The number of aliphatic hydroxyl groups is 2. The molecule has 4 aliphatic rings. The van der Waals surface area contributed by atoms with Crippen LogP contribution in [0.1, 0.15) is 91.9 Å². The Labute approximate surface area is 195 Å². The molecule has 0 bridgehead atoms. The molecule has 32 heavy (non-hydrogen) atoms. The molecular formula is C26H46O5S. The summed E-state index contributed by atoms with van der Waals surface area (Å²) in [7, 11) is -3.89. The Morgan fingerprint density at radius 2 is 1.62 bits per heavy atom. The van der Waals surface area contributed by atoms with Gasteiger partial charge in [-0.2, -0.15) is 8.42 Å². The summed E-state index contributed by atoms with van der Waals surface area (Å²) in [5.41, 5.74) is 0.430. The predicted molar refractivity (Wildman–Crippen MR) is 127 cm³/mol. The quantitative estimate of drug-likeness (QED) is 0.479. The lowest BCUT2D eigenvalue weighted by molar-refractivity contribution is -0.203. The van der Waals surface area contributed by atoms with Gasteiger partial charge in [0.05, 0.1) is 18.0 Å². The molecule has 0 radical (unpaired) electrons. The van der Waals surface area contributed by atoms with E-state index in [4.69, 9.17) is 4.55 Å². The summed E-state index contributed by atoms with van der Waals surface area (Å²) >= 11 is 0. The standard InChI is InChI=1S/C26H46O5S/c1-5-18-22-15-17(27)10-12-26(22,4)21-11-13-25(3)19(8-9-20(25)23(21)24(18)28)16(2)7-6-14-32(29,30)31/h16-24,27-28H,5-15H2,1-4H3,(H,29,30,31). The molecule has 11 unspecified atom stereocenters. The maximum absolute atomic E-state index is 11.7. The Morgan fingerprint density at radius 1 is 0.969 bits per heavy atom. The van der Waals surface area contributed by atoms with Crippen molar-refractivity contribution in [3.05, 3.63) is 0 Å². The molecule has 186 valence electrons. The first-order chi connectivity index (χ1) is 14.9. The van der Waals surface area contributed by atoms with Gasteiger partial charge in [-0.15, -0.1) is 0 Å². The highest BCUT2D eigenvalue weighted by Gasteiger charge is 2.64. The molecule has 0 amide bonds. The summed E-state index contributed by atoms with van der Waals surface area (Å²) in [5.74, 6) is 2.98. The fourth-order valence-corrected chi connectivity index (χ4v) is 10.3. The average molecular weight is 471 g/mol.